The number of aryl methyl sites for hydroxylation is 1. The average molecular weight is 644 g/mol. The van der Waals surface area contributed by atoms with Crippen LogP contribution in [0.1, 0.15) is 18.2 Å². The maximum atomic E-state index is 4.79. The molecule has 1 atom stereocenters. The Morgan fingerprint density at radius 1 is 0.560 bits per heavy atom. The average Bonchev–Trinajstić information content (AvgIpc) is 3.50. The summed E-state index contributed by atoms with van der Waals surface area (Å²) in [5.74, 6) is 0. The summed E-state index contributed by atoms with van der Waals surface area (Å²) in [6, 6.07) is 53.4. The number of nitrogens with zero attached hydrogens (tertiary/aromatic N) is 3. The van der Waals surface area contributed by atoms with Crippen LogP contribution in [-0.2, 0) is 0 Å². The van der Waals surface area contributed by atoms with Gasteiger partial charge in [0.05, 0.1) is 16.7 Å². The molecule has 3 nitrogen and oxygen atoms in total. The molecule has 0 bridgehead atoms. The van der Waals surface area contributed by atoms with E-state index in [1.165, 1.54) is 66.1 Å². The Morgan fingerprint density at radius 3 is 2.02 bits per heavy atom. The number of allylic oxidation sites excluding steroid dienone is 2. The van der Waals surface area contributed by atoms with Gasteiger partial charge in [-0.1, -0.05) is 109 Å². The molecule has 0 N–H and O–H groups in total. The van der Waals surface area contributed by atoms with E-state index in [0.717, 1.165) is 22.6 Å². The summed E-state index contributed by atoms with van der Waals surface area (Å²) < 4.78 is 2.45. The van der Waals surface area contributed by atoms with Crippen LogP contribution in [0.5, 0.6) is 0 Å². The maximum absolute atomic E-state index is 4.79. The van der Waals surface area contributed by atoms with Gasteiger partial charge in [-0.05, 0) is 102 Å². The quantitative estimate of drug-likeness (QED) is 0.186. The van der Waals surface area contributed by atoms with Crippen molar-refractivity contribution >= 4 is 38.3 Å². The van der Waals surface area contributed by atoms with Gasteiger partial charge in [-0.15, -0.1) is 0 Å². The van der Waals surface area contributed by atoms with E-state index >= 15 is 0 Å². The number of rotatable bonds is 5. The summed E-state index contributed by atoms with van der Waals surface area (Å²) in [6.07, 6.45) is 6.61. The predicted molar refractivity (Wildman–Crippen MR) is 211 cm³/mol. The third-order valence-corrected chi connectivity index (χ3v) is 10.3. The first kappa shape index (κ1) is 29.9. The van der Waals surface area contributed by atoms with Crippen LogP contribution in [0.4, 0.5) is 0 Å². The number of likely N-dealkylation sites (N-methyl/N-ethyl adjacent to an activating group) is 1. The number of fused-ring (bicyclic) bond motifs is 5. The van der Waals surface area contributed by atoms with Crippen molar-refractivity contribution in [1.29, 1.82) is 0 Å². The Hall–Kier alpha value is -6.19. The number of hydrogen-bond acceptors (Lipinski definition) is 2. The minimum Gasteiger partial charge on any atom is -0.368 e. The largest absolute Gasteiger partial charge is 0.368 e. The molecule has 50 heavy (non-hydrogen) atoms. The van der Waals surface area contributed by atoms with Crippen molar-refractivity contribution in [3.63, 3.8) is 0 Å². The van der Waals surface area contributed by atoms with Gasteiger partial charge in [0.2, 0.25) is 0 Å². The van der Waals surface area contributed by atoms with Gasteiger partial charge in [-0.25, -0.2) is 0 Å². The first-order chi connectivity index (χ1) is 24.5. The fourth-order valence-electron chi connectivity index (χ4n) is 7.53. The summed E-state index contributed by atoms with van der Waals surface area (Å²) in [4.78, 5) is 7.12. The van der Waals surface area contributed by atoms with Crippen LogP contribution in [0.25, 0.3) is 77.5 Å². The van der Waals surface area contributed by atoms with Gasteiger partial charge in [-0.2, -0.15) is 0 Å². The zero-order chi connectivity index (χ0) is 33.8. The summed E-state index contributed by atoms with van der Waals surface area (Å²) in [5.41, 5.74) is 14.0. The van der Waals surface area contributed by atoms with Crippen molar-refractivity contribution in [2.45, 2.75) is 19.9 Å². The van der Waals surface area contributed by atoms with Gasteiger partial charge in [0.1, 0.15) is 0 Å². The molecule has 1 aliphatic heterocycles. The Balaban J connectivity index is 1.20. The number of hydrogen-bond donors (Lipinski definition) is 0. The topological polar surface area (TPSA) is 21.1 Å². The van der Waals surface area contributed by atoms with Crippen LogP contribution in [-0.4, -0.2) is 27.5 Å². The number of benzene rings is 6. The van der Waals surface area contributed by atoms with Crippen LogP contribution >= 0.6 is 0 Å². The van der Waals surface area contributed by atoms with Crippen molar-refractivity contribution in [2.24, 2.45) is 0 Å². The molecule has 2 aromatic heterocycles. The molecule has 0 saturated heterocycles. The van der Waals surface area contributed by atoms with Gasteiger partial charge in [-0.3, -0.25) is 4.98 Å². The second-order valence-electron chi connectivity index (χ2n) is 13.4. The third-order valence-electron chi connectivity index (χ3n) is 10.3. The van der Waals surface area contributed by atoms with Crippen LogP contribution in [0.2, 0.25) is 0 Å². The van der Waals surface area contributed by atoms with Gasteiger partial charge >= 0.3 is 0 Å². The molecule has 0 spiro atoms. The molecule has 0 saturated carbocycles. The number of aromatic nitrogens is 2. The van der Waals surface area contributed by atoms with Crippen molar-refractivity contribution in [1.82, 2.24) is 14.5 Å². The lowest BCUT2D eigenvalue weighted by Crippen LogP contribution is -2.27. The van der Waals surface area contributed by atoms with E-state index in [4.69, 9.17) is 4.98 Å². The minimum atomic E-state index is 0.371. The Morgan fingerprint density at radius 2 is 1.22 bits per heavy atom. The molecule has 3 heterocycles. The van der Waals surface area contributed by atoms with E-state index in [2.05, 4.69) is 181 Å². The Labute approximate surface area is 293 Å². The van der Waals surface area contributed by atoms with E-state index in [9.17, 15) is 0 Å². The van der Waals surface area contributed by atoms with E-state index in [1.54, 1.807) is 0 Å². The molecule has 0 aliphatic carbocycles. The van der Waals surface area contributed by atoms with Crippen LogP contribution < -0.4 is 0 Å². The first-order valence-electron chi connectivity index (χ1n) is 17.3. The van der Waals surface area contributed by atoms with E-state index < -0.39 is 0 Å². The zero-order valence-electron chi connectivity index (χ0n) is 28.5. The SMILES string of the molecule is Cc1cccc(-c2cccc(-c3ccc4c5ccc6cc(-c7cccc(C8=CC=CC(C)N8C)c7)ccc6c5n(-c5ccccc5)c4c3)c2)n1. The molecule has 9 rings (SSSR count). The lowest BCUT2D eigenvalue weighted by molar-refractivity contribution is 0.425. The molecule has 0 radical (unpaired) electrons. The summed E-state index contributed by atoms with van der Waals surface area (Å²) >= 11 is 0. The highest BCUT2D eigenvalue weighted by Gasteiger charge is 2.18. The fourth-order valence-corrected chi connectivity index (χ4v) is 7.53. The van der Waals surface area contributed by atoms with Gasteiger partial charge < -0.3 is 9.47 Å². The summed E-state index contributed by atoms with van der Waals surface area (Å²) in [6.45, 7) is 4.27. The van der Waals surface area contributed by atoms with Gasteiger partial charge in [0, 0.05) is 51.9 Å². The van der Waals surface area contributed by atoms with E-state index in [-0.39, 0.29) is 0 Å². The molecular weight excluding hydrogens is 607 g/mol. The molecule has 8 aromatic rings. The smallest absolute Gasteiger partial charge is 0.0705 e. The van der Waals surface area contributed by atoms with Gasteiger partial charge in [0.25, 0.3) is 0 Å². The molecule has 1 aliphatic rings. The highest BCUT2D eigenvalue weighted by molar-refractivity contribution is 6.19. The monoisotopic (exact) mass is 643 g/mol. The second kappa shape index (κ2) is 12.0. The lowest BCUT2D eigenvalue weighted by atomic mass is 9.96. The highest BCUT2D eigenvalue weighted by Crippen LogP contribution is 2.40. The standard InChI is InChI=1S/C47H37N3/c1-31-11-7-19-44(48-31)38-15-9-13-33(28-38)36-22-25-42-43-26-23-37-27-35(34-14-10-16-39(29-34)45-20-8-12-32(2)49(45)3)21-24-41(37)47(43)50(46(42)30-36)40-17-5-4-6-18-40/h4-30,32H,1-3H3. The molecule has 0 fully saturated rings. The maximum Gasteiger partial charge on any atom is 0.0705 e. The van der Waals surface area contributed by atoms with Crippen LogP contribution in [0.15, 0.2) is 164 Å². The highest BCUT2D eigenvalue weighted by atomic mass is 15.1. The van der Waals surface area contributed by atoms with Crippen molar-refractivity contribution < 1.29 is 0 Å². The molecule has 6 aromatic carbocycles. The van der Waals surface area contributed by atoms with Crippen molar-refractivity contribution in [2.75, 3.05) is 7.05 Å². The second-order valence-corrected chi connectivity index (χ2v) is 13.4. The van der Waals surface area contributed by atoms with Crippen molar-refractivity contribution in [3.05, 3.63) is 175 Å². The molecule has 3 heteroatoms. The fraction of sp³-hybridized carbons (Fsp3) is 0.0851. The molecule has 240 valence electrons. The van der Waals surface area contributed by atoms with Crippen LogP contribution in [0.3, 0.4) is 0 Å². The molecule has 1 unspecified atom stereocenters. The third kappa shape index (κ3) is 5.10. The predicted octanol–water partition coefficient (Wildman–Crippen LogP) is 11.9. The molecule has 0 amide bonds. The normalized spacial score (nSPS) is 14.5. The summed E-state index contributed by atoms with van der Waals surface area (Å²) in [7, 11) is 2.17. The number of pyridine rings is 1. The minimum absolute atomic E-state index is 0.371. The van der Waals surface area contributed by atoms with Crippen LogP contribution in [0, 0.1) is 6.92 Å². The van der Waals surface area contributed by atoms with E-state index in [1.807, 2.05) is 13.0 Å². The van der Waals surface area contributed by atoms with E-state index in [0.29, 0.717) is 6.04 Å². The molecular formula is C47H37N3. The van der Waals surface area contributed by atoms with Gasteiger partial charge in [0.15, 0.2) is 0 Å². The first-order valence-corrected chi connectivity index (χ1v) is 17.3. The number of para-hydroxylation sites is 1. The lowest BCUT2D eigenvalue weighted by Gasteiger charge is -2.30. The zero-order valence-corrected chi connectivity index (χ0v) is 28.5. The Kier molecular flexibility index (Phi) is 7.21. The Bertz CT molecular complexity index is 2640. The summed E-state index contributed by atoms with van der Waals surface area (Å²) in [5, 5.41) is 4.97. The van der Waals surface area contributed by atoms with Crippen molar-refractivity contribution in [3.8, 4) is 39.2 Å².